The molecule has 0 radical (unpaired) electrons. The lowest BCUT2D eigenvalue weighted by atomic mass is 9.60. The molecule has 2 aliphatic carbocycles. The first-order valence-corrected chi connectivity index (χ1v) is 6.33. The van der Waals surface area contributed by atoms with Crippen LogP contribution in [0.2, 0.25) is 0 Å². The van der Waals surface area contributed by atoms with Gasteiger partial charge in [-0.2, -0.15) is 0 Å². The van der Waals surface area contributed by atoms with Crippen LogP contribution in [0, 0.1) is 11.8 Å². The average molecular weight is 220 g/mol. The van der Waals surface area contributed by atoms with Crippen molar-refractivity contribution < 1.29 is 9.84 Å². The number of hydrogen-bond acceptors (Lipinski definition) is 2. The molecule has 0 aromatic carbocycles. The second kappa shape index (κ2) is 3.44. The Bertz CT molecular complexity index is 347. The molecule has 3 fully saturated rings. The molecule has 0 aromatic rings. The summed E-state index contributed by atoms with van der Waals surface area (Å²) in [7, 11) is 0. The number of fused-ring (bicyclic) bond motifs is 3. The van der Waals surface area contributed by atoms with Crippen LogP contribution in [-0.4, -0.2) is 23.4 Å². The summed E-state index contributed by atoms with van der Waals surface area (Å²) < 4.78 is 5.85. The standard InChI is InChI=1S/C14H20O2/c1-9-8-16-13-11(9)7-10(2)14(15)6-4-3-5-12(13)14/h11-13,15H,1-8H2/t11-,12-,13+,14-/m0/s1. The molecular weight excluding hydrogens is 200 g/mol. The van der Waals surface area contributed by atoms with Crippen LogP contribution in [0.4, 0.5) is 0 Å². The summed E-state index contributed by atoms with van der Waals surface area (Å²) in [6, 6.07) is 0. The molecule has 0 amide bonds. The van der Waals surface area contributed by atoms with E-state index in [4.69, 9.17) is 4.74 Å². The SMILES string of the molecule is C=C1CO[C@@H]2[C@H]1CC(=C)[C@@]1(O)CCCC[C@@H]21. The Balaban J connectivity index is 1.96. The van der Waals surface area contributed by atoms with Crippen molar-refractivity contribution in [1.29, 1.82) is 0 Å². The Kier molecular flexibility index (Phi) is 2.27. The third-order valence-electron chi connectivity index (χ3n) is 4.79. The maximum Gasteiger partial charge on any atom is 0.0907 e. The highest BCUT2D eigenvalue weighted by Crippen LogP contribution is 2.52. The van der Waals surface area contributed by atoms with E-state index in [1.165, 1.54) is 12.0 Å². The van der Waals surface area contributed by atoms with Gasteiger partial charge in [0.05, 0.1) is 18.3 Å². The fraction of sp³-hybridized carbons (Fsp3) is 0.714. The summed E-state index contributed by atoms with van der Waals surface area (Å²) in [6.07, 6.45) is 5.34. The number of rotatable bonds is 0. The van der Waals surface area contributed by atoms with Crippen LogP contribution in [0.1, 0.15) is 32.1 Å². The van der Waals surface area contributed by atoms with Gasteiger partial charge in [-0.15, -0.1) is 0 Å². The van der Waals surface area contributed by atoms with Crippen molar-refractivity contribution in [1.82, 2.24) is 0 Å². The maximum absolute atomic E-state index is 10.8. The first-order valence-electron chi connectivity index (χ1n) is 6.33. The molecule has 0 spiro atoms. The quantitative estimate of drug-likeness (QED) is 0.635. The van der Waals surface area contributed by atoms with E-state index in [-0.39, 0.29) is 12.0 Å². The lowest BCUT2D eigenvalue weighted by Gasteiger charge is -2.49. The summed E-state index contributed by atoms with van der Waals surface area (Å²) in [5.41, 5.74) is 1.56. The average Bonchev–Trinajstić information content (AvgIpc) is 2.61. The van der Waals surface area contributed by atoms with Crippen molar-refractivity contribution in [2.24, 2.45) is 11.8 Å². The normalized spacial score (nSPS) is 47.7. The van der Waals surface area contributed by atoms with E-state index in [2.05, 4.69) is 13.2 Å². The van der Waals surface area contributed by atoms with Gasteiger partial charge in [0.1, 0.15) is 0 Å². The molecule has 1 saturated heterocycles. The zero-order valence-corrected chi connectivity index (χ0v) is 9.74. The molecule has 16 heavy (non-hydrogen) atoms. The smallest absolute Gasteiger partial charge is 0.0907 e. The zero-order valence-electron chi connectivity index (χ0n) is 9.74. The molecule has 2 heteroatoms. The molecule has 2 nitrogen and oxygen atoms in total. The van der Waals surface area contributed by atoms with E-state index in [9.17, 15) is 5.11 Å². The molecule has 4 atom stereocenters. The Labute approximate surface area is 97.0 Å². The molecular formula is C14H20O2. The van der Waals surface area contributed by atoms with Crippen LogP contribution in [0.25, 0.3) is 0 Å². The van der Waals surface area contributed by atoms with Crippen molar-refractivity contribution in [2.75, 3.05) is 6.61 Å². The summed E-state index contributed by atoms with van der Waals surface area (Å²) in [5, 5.41) is 10.8. The van der Waals surface area contributed by atoms with Gasteiger partial charge in [-0.1, -0.05) is 26.0 Å². The molecule has 1 N–H and O–H groups in total. The number of ether oxygens (including phenoxy) is 1. The van der Waals surface area contributed by atoms with Crippen LogP contribution < -0.4 is 0 Å². The predicted molar refractivity (Wildman–Crippen MR) is 63.0 cm³/mol. The van der Waals surface area contributed by atoms with Gasteiger partial charge in [-0.3, -0.25) is 0 Å². The van der Waals surface area contributed by atoms with Crippen LogP contribution in [-0.2, 0) is 4.74 Å². The van der Waals surface area contributed by atoms with E-state index < -0.39 is 5.60 Å². The van der Waals surface area contributed by atoms with E-state index in [1.807, 2.05) is 0 Å². The fourth-order valence-corrected chi connectivity index (χ4v) is 3.82. The van der Waals surface area contributed by atoms with Crippen molar-refractivity contribution >= 4 is 0 Å². The predicted octanol–water partition coefficient (Wildman–Crippen LogP) is 2.44. The van der Waals surface area contributed by atoms with Gasteiger partial charge in [0.25, 0.3) is 0 Å². The van der Waals surface area contributed by atoms with Crippen LogP contribution in [0.3, 0.4) is 0 Å². The van der Waals surface area contributed by atoms with Gasteiger partial charge in [0.15, 0.2) is 0 Å². The minimum Gasteiger partial charge on any atom is -0.385 e. The highest BCUT2D eigenvalue weighted by Gasteiger charge is 2.54. The molecule has 3 rings (SSSR count). The lowest BCUT2D eigenvalue weighted by molar-refractivity contribution is -0.106. The van der Waals surface area contributed by atoms with E-state index in [0.29, 0.717) is 12.5 Å². The van der Waals surface area contributed by atoms with Gasteiger partial charge >= 0.3 is 0 Å². The topological polar surface area (TPSA) is 29.5 Å². The zero-order chi connectivity index (χ0) is 11.3. The summed E-state index contributed by atoms with van der Waals surface area (Å²) in [6.45, 7) is 8.88. The molecule has 1 aliphatic heterocycles. The van der Waals surface area contributed by atoms with Gasteiger partial charge in [-0.05, 0) is 30.4 Å². The molecule has 3 aliphatic rings. The van der Waals surface area contributed by atoms with Crippen molar-refractivity contribution in [3.8, 4) is 0 Å². The van der Waals surface area contributed by atoms with Crippen molar-refractivity contribution in [3.05, 3.63) is 24.3 Å². The summed E-state index contributed by atoms with van der Waals surface area (Å²) >= 11 is 0. The Hall–Kier alpha value is -0.600. The molecule has 0 aromatic heterocycles. The van der Waals surface area contributed by atoms with Gasteiger partial charge in [-0.25, -0.2) is 0 Å². The highest BCUT2D eigenvalue weighted by atomic mass is 16.5. The molecule has 0 bridgehead atoms. The van der Waals surface area contributed by atoms with Gasteiger partial charge < -0.3 is 9.84 Å². The Morgan fingerprint density at radius 3 is 2.94 bits per heavy atom. The molecule has 2 saturated carbocycles. The molecule has 1 heterocycles. The Morgan fingerprint density at radius 2 is 2.12 bits per heavy atom. The van der Waals surface area contributed by atoms with Crippen molar-refractivity contribution in [3.63, 3.8) is 0 Å². The first kappa shape index (κ1) is 10.5. The van der Waals surface area contributed by atoms with Crippen molar-refractivity contribution in [2.45, 2.75) is 43.8 Å². The largest absolute Gasteiger partial charge is 0.385 e. The molecule has 0 unspecified atom stereocenters. The minimum atomic E-state index is -0.649. The number of aliphatic hydroxyl groups is 1. The third-order valence-corrected chi connectivity index (χ3v) is 4.79. The fourth-order valence-electron chi connectivity index (χ4n) is 3.82. The monoisotopic (exact) mass is 220 g/mol. The highest BCUT2D eigenvalue weighted by molar-refractivity contribution is 5.28. The third kappa shape index (κ3) is 1.26. The van der Waals surface area contributed by atoms with E-state index in [0.717, 1.165) is 31.3 Å². The van der Waals surface area contributed by atoms with Crippen LogP contribution >= 0.6 is 0 Å². The second-order valence-corrected chi connectivity index (χ2v) is 5.62. The van der Waals surface area contributed by atoms with E-state index in [1.54, 1.807) is 0 Å². The summed E-state index contributed by atoms with van der Waals surface area (Å²) in [4.78, 5) is 0. The first-order chi connectivity index (χ1) is 7.63. The lowest BCUT2D eigenvalue weighted by Crippen LogP contribution is -2.53. The second-order valence-electron chi connectivity index (χ2n) is 5.62. The van der Waals surface area contributed by atoms with Crippen LogP contribution in [0.5, 0.6) is 0 Å². The number of hydrogen-bond donors (Lipinski definition) is 1. The van der Waals surface area contributed by atoms with Gasteiger partial charge in [0.2, 0.25) is 0 Å². The van der Waals surface area contributed by atoms with Crippen LogP contribution in [0.15, 0.2) is 24.3 Å². The summed E-state index contributed by atoms with van der Waals surface area (Å²) in [5.74, 6) is 0.669. The molecule has 88 valence electrons. The Morgan fingerprint density at radius 1 is 1.31 bits per heavy atom. The maximum atomic E-state index is 10.8. The minimum absolute atomic E-state index is 0.197. The van der Waals surface area contributed by atoms with Gasteiger partial charge in [0, 0.05) is 11.8 Å². The van der Waals surface area contributed by atoms with E-state index >= 15 is 0 Å².